The summed E-state index contributed by atoms with van der Waals surface area (Å²) in [5.41, 5.74) is -0.369. The Bertz CT molecular complexity index is 2300. The molecule has 4 aromatic rings. The molecule has 0 aromatic heterocycles. The van der Waals surface area contributed by atoms with Crippen LogP contribution in [0.2, 0.25) is 0 Å². The molecule has 18 heteroatoms. The van der Waals surface area contributed by atoms with E-state index in [0.29, 0.717) is 20.9 Å². The first-order valence-electron chi connectivity index (χ1n) is 15.2. The summed E-state index contributed by atoms with van der Waals surface area (Å²) in [4.78, 5) is 0.633. The molecule has 0 bridgehead atoms. The molecule has 0 radical (unpaired) electrons. The molecule has 0 heterocycles. The molecule has 14 nitrogen and oxygen atoms in total. The molecule has 0 saturated heterocycles. The molecule has 2 aliphatic carbocycles. The quantitative estimate of drug-likeness (QED) is 0.0582. The summed E-state index contributed by atoms with van der Waals surface area (Å²) < 4.78 is 71.0. The number of thioether (sulfide) groups is 2. The molecule has 4 aromatic carbocycles. The van der Waals surface area contributed by atoms with E-state index in [2.05, 4.69) is 10.2 Å². The van der Waals surface area contributed by atoms with Gasteiger partial charge in [-0.25, -0.2) is 0 Å². The summed E-state index contributed by atoms with van der Waals surface area (Å²) in [6, 6.07) is 21.2. The van der Waals surface area contributed by atoms with Crippen molar-refractivity contribution in [3.63, 3.8) is 0 Å². The minimum absolute atomic E-state index is 0.00938. The smallest absolute Gasteiger partial charge is 0.282 e. The highest BCUT2D eigenvalue weighted by molar-refractivity contribution is 7.99. The summed E-state index contributed by atoms with van der Waals surface area (Å²) in [5.74, 6) is 11.1. The third kappa shape index (κ3) is 5.08. The molecule has 0 amide bonds. The lowest BCUT2D eigenvalue weighted by Crippen LogP contribution is -2.57. The van der Waals surface area contributed by atoms with Gasteiger partial charge in [-0.2, -0.15) is 27.0 Å². The highest BCUT2D eigenvalue weighted by atomic mass is 32.2. The van der Waals surface area contributed by atoms with Crippen molar-refractivity contribution in [2.75, 3.05) is 12.5 Å². The maximum Gasteiger partial charge on any atom is 0.282 e. The van der Waals surface area contributed by atoms with Crippen LogP contribution in [0.25, 0.3) is 11.1 Å². The number of hydrazone groups is 2. The van der Waals surface area contributed by atoms with Gasteiger partial charge in [0.05, 0.1) is 11.4 Å². The Balaban J connectivity index is 1.59. The van der Waals surface area contributed by atoms with E-state index >= 15 is 0 Å². The lowest BCUT2D eigenvalue weighted by molar-refractivity contribution is 0.194. The minimum atomic E-state index is -5.21. The van der Waals surface area contributed by atoms with Crippen molar-refractivity contribution in [1.29, 1.82) is 10.8 Å². The lowest BCUT2D eigenvalue weighted by atomic mass is 9.73. The van der Waals surface area contributed by atoms with Crippen molar-refractivity contribution in [3.8, 4) is 11.1 Å². The van der Waals surface area contributed by atoms with Gasteiger partial charge in [0.25, 0.3) is 20.2 Å². The van der Waals surface area contributed by atoms with Crippen LogP contribution in [0.5, 0.6) is 0 Å². The van der Waals surface area contributed by atoms with Gasteiger partial charge >= 0.3 is 0 Å². The predicted octanol–water partition coefficient (Wildman–Crippen LogP) is 3.17. The van der Waals surface area contributed by atoms with E-state index in [0.717, 1.165) is 23.5 Å². The van der Waals surface area contributed by atoms with Crippen LogP contribution < -0.4 is 11.7 Å². The Hall–Kier alpha value is -4.40. The second kappa shape index (κ2) is 13.2. The van der Waals surface area contributed by atoms with Crippen LogP contribution in [0.4, 0.5) is 0 Å². The fourth-order valence-electron chi connectivity index (χ4n) is 7.33. The van der Waals surface area contributed by atoms with Gasteiger partial charge < -0.3 is 21.9 Å². The van der Waals surface area contributed by atoms with Gasteiger partial charge in [-0.1, -0.05) is 72.8 Å². The third-order valence-corrected chi connectivity index (χ3v) is 14.1. The monoisotopic (exact) mass is 780 g/mol. The van der Waals surface area contributed by atoms with Crippen LogP contribution in [0, 0.1) is 10.8 Å². The molecular formula is C34H32N6O8S4. The van der Waals surface area contributed by atoms with E-state index in [4.69, 9.17) is 22.5 Å². The van der Waals surface area contributed by atoms with Gasteiger partial charge in [-0.15, -0.1) is 23.5 Å². The van der Waals surface area contributed by atoms with Crippen molar-refractivity contribution < 1.29 is 36.2 Å². The first-order chi connectivity index (χ1) is 24.6. The number of aliphatic hydroxyl groups excluding tert-OH is 2. The van der Waals surface area contributed by atoms with Crippen molar-refractivity contribution in [2.24, 2.45) is 21.9 Å². The number of nitrogens with one attached hydrogen (secondary N) is 2. The van der Waals surface area contributed by atoms with Crippen LogP contribution in [0.1, 0.15) is 33.4 Å². The molecule has 52 heavy (non-hydrogen) atoms. The molecule has 0 fully saturated rings. The van der Waals surface area contributed by atoms with Crippen molar-refractivity contribution in [3.05, 3.63) is 118 Å². The van der Waals surface area contributed by atoms with Gasteiger partial charge in [0.1, 0.15) is 23.6 Å². The van der Waals surface area contributed by atoms with Gasteiger partial charge in [-0.05, 0) is 58.0 Å². The molecule has 270 valence electrons. The Kier molecular flexibility index (Phi) is 9.50. The first-order valence-corrected chi connectivity index (χ1v) is 20.5. The number of nitrogens with zero attached hydrogens (tertiary/aromatic N) is 2. The van der Waals surface area contributed by atoms with Crippen molar-refractivity contribution in [1.82, 2.24) is 0 Å². The molecule has 4 unspecified atom stereocenters. The maximum absolute atomic E-state index is 13.5. The van der Waals surface area contributed by atoms with Gasteiger partial charge in [0, 0.05) is 20.9 Å². The number of hydrogen-bond acceptors (Lipinski definition) is 14. The van der Waals surface area contributed by atoms with Crippen molar-refractivity contribution in [2.45, 2.75) is 31.5 Å². The standard InChI is InChI=1S/C34H32N6O8S4/c1-49-25-15-17(11-13-23(25)33(51(43,44)45)21-9-5-3-7-19(21)27(35)29(39-37)31(33)41)18-12-14-24(26(16-18)50-2)34(52(46,47)48)22-10-6-4-8-20(22)28(36)30(40-38)32(34)42/h3-16,31-32,35-36,41-42H,37-38H2,1-2H3,(H,43,44,45)(H,46,47,48)/b35-27?,36-28?,39-29-,40-30+. The topological polar surface area (TPSA) is 274 Å². The van der Waals surface area contributed by atoms with Crippen LogP contribution in [0.15, 0.2) is 105 Å². The molecule has 2 aliphatic rings. The average molecular weight is 781 g/mol. The Morgan fingerprint density at radius 2 is 0.962 bits per heavy atom. The Morgan fingerprint density at radius 1 is 0.615 bits per heavy atom. The zero-order valence-corrected chi connectivity index (χ0v) is 30.6. The predicted molar refractivity (Wildman–Crippen MR) is 202 cm³/mol. The zero-order chi connectivity index (χ0) is 38.0. The van der Waals surface area contributed by atoms with E-state index in [1.54, 1.807) is 48.9 Å². The molecule has 10 N–H and O–H groups in total. The van der Waals surface area contributed by atoms with Crippen LogP contribution >= 0.6 is 23.5 Å². The van der Waals surface area contributed by atoms with Gasteiger partial charge in [-0.3, -0.25) is 19.9 Å². The number of aliphatic hydroxyl groups is 2. The average Bonchev–Trinajstić information content (AvgIpc) is 3.11. The SMILES string of the molecule is CSc1cc(-c2ccc(C3(S(=O)(=O)O)c4ccccc4C(=N)/C(=N\N)C3O)c(SC)c2)ccc1C1(S(=O)(=O)O)c2ccccc2C(=N)/C(=N/N)C1O. The molecule has 0 saturated carbocycles. The van der Waals surface area contributed by atoms with Crippen molar-refractivity contribution >= 4 is 66.6 Å². The van der Waals surface area contributed by atoms with E-state index < -0.39 is 53.4 Å². The number of benzene rings is 4. The molecule has 6 rings (SSSR count). The second-order valence-electron chi connectivity index (χ2n) is 11.9. The first kappa shape index (κ1) is 37.4. The minimum Gasteiger partial charge on any atom is -0.384 e. The molecule has 0 aliphatic heterocycles. The summed E-state index contributed by atoms with van der Waals surface area (Å²) in [6.45, 7) is 0. The highest BCUT2D eigenvalue weighted by Crippen LogP contribution is 2.51. The Morgan fingerprint density at radius 3 is 1.27 bits per heavy atom. The van der Waals surface area contributed by atoms with E-state index in [-0.39, 0.29) is 44.8 Å². The maximum atomic E-state index is 13.5. The molecule has 0 spiro atoms. The number of hydrogen-bond donors (Lipinski definition) is 8. The van der Waals surface area contributed by atoms with Crippen LogP contribution in [-0.4, -0.2) is 83.7 Å². The zero-order valence-electron chi connectivity index (χ0n) is 27.3. The summed E-state index contributed by atoms with van der Waals surface area (Å²) in [7, 11) is -10.4. The van der Waals surface area contributed by atoms with E-state index in [1.807, 2.05) is 0 Å². The Labute approximate surface area is 307 Å². The molecule has 4 atom stereocenters. The number of fused-ring (bicyclic) bond motifs is 2. The van der Waals surface area contributed by atoms with Crippen LogP contribution in [-0.2, 0) is 29.7 Å². The lowest BCUT2D eigenvalue weighted by Gasteiger charge is -2.42. The van der Waals surface area contributed by atoms with Gasteiger partial charge in [0.15, 0.2) is 9.49 Å². The largest absolute Gasteiger partial charge is 0.384 e. The summed E-state index contributed by atoms with van der Waals surface area (Å²) in [5, 5.41) is 47.5. The fourth-order valence-corrected chi connectivity index (χ4v) is 11.5. The van der Waals surface area contributed by atoms with Gasteiger partial charge in [0.2, 0.25) is 0 Å². The van der Waals surface area contributed by atoms with E-state index in [9.17, 15) is 36.2 Å². The third-order valence-electron chi connectivity index (χ3n) is 9.62. The second-order valence-corrected chi connectivity index (χ2v) is 16.8. The summed E-state index contributed by atoms with van der Waals surface area (Å²) >= 11 is 2.25. The normalized spacial score (nSPS) is 24.9. The fraction of sp³-hybridized carbons (Fsp3) is 0.176. The molecular weight excluding hydrogens is 749 g/mol. The number of rotatable bonds is 7. The highest BCUT2D eigenvalue weighted by Gasteiger charge is 2.61. The summed E-state index contributed by atoms with van der Waals surface area (Å²) in [6.07, 6.45) is -0.800. The van der Waals surface area contributed by atoms with E-state index in [1.165, 1.54) is 48.5 Å². The van der Waals surface area contributed by atoms with Crippen LogP contribution in [0.3, 0.4) is 0 Å². The number of nitrogens with two attached hydrogens (primary N) is 2.